The molecule has 1 saturated heterocycles. The highest BCUT2D eigenvalue weighted by Crippen LogP contribution is 2.22. The number of nitrogens with zero attached hydrogens (tertiary/aromatic N) is 1. The average molecular weight is 553 g/mol. The summed E-state index contributed by atoms with van der Waals surface area (Å²) in [7, 11) is 0. The number of hydrogen-bond donors (Lipinski definition) is 3. The number of nitrogens with one attached hydrogen (secondary N) is 3. The normalized spacial score (nSPS) is 16.1. The lowest BCUT2D eigenvalue weighted by Gasteiger charge is -2.12. The monoisotopic (exact) mass is 552 g/mol. The molecule has 170 valence electrons. The number of carbonyl (C=O) groups is 1. The topological polar surface area (TPSA) is 84.0 Å². The fraction of sp³-hybridized carbons (Fsp3) is 0.619. The lowest BCUT2D eigenvalue weighted by Crippen LogP contribution is -2.38. The smallest absolute Gasteiger partial charge is 0.226 e. The Morgan fingerprint density at radius 2 is 2.20 bits per heavy atom. The minimum absolute atomic E-state index is 0. The van der Waals surface area contributed by atoms with Crippen LogP contribution in [0.2, 0.25) is 5.02 Å². The summed E-state index contributed by atoms with van der Waals surface area (Å²) in [5.41, 5.74) is 1.61. The standard InChI is InChI=1S/C21H33ClN4O3.HI/c1-3-23-21(24-10-5-12-28-14-17-9-13-29-15-17)25-11-8-20(27)26-19-7-4-6-18(22)16(19)2;/h4,6-7,17H,3,5,8-15H2,1-2H3,(H,26,27)(H2,23,24,25);1H. The van der Waals surface area contributed by atoms with Gasteiger partial charge >= 0.3 is 0 Å². The van der Waals surface area contributed by atoms with Crippen LogP contribution in [0.5, 0.6) is 0 Å². The molecular weight excluding hydrogens is 519 g/mol. The third kappa shape index (κ3) is 10.3. The molecule has 0 bridgehead atoms. The van der Waals surface area contributed by atoms with E-state index < -0.39 is 0 Å². The second-order valence-electron chi connectivity index (χ2n) is 7.06. The Morgan fingerprint density at radius 3 is 2.93 bits per heavy atom. The quantitative estimate of drug-likeness (QED) is 0.169. The summed E-state index contributed by atoms with van der Waals surface area (Å²) in [5, 5.41) is 9.92. The molecule has 2 rings (SSSR count). The molecular formula is C21H34ClIN4O3. The van der Waals surface area contributed by atoms with E-state index in [0.29, 0.717) is 43.0 Å². The van der Waals surface area contributed by atoms with Gasteiger partial charge in [0.2, 0.25) is 5.91 Å². The van der Waals surface area contributed by atoms with E-state index in [1.807, 2.05) is 26.0 Å². The molecule has 30 heavy (non-hydrogen) atoms. The average Bonchev–Trinajstić information content (AvgIpc) is 3.21. The molecule has 1 heterocycles. The number of hydrogen-bond acceptors (Lipinski definition) is 4. The number of aliphatic imine (C=N–C) groups is 1. The number of carbonyl (C=O) groups excluding carboxylic acids is 1. The molecule has 0 spiro atoms. The zero-order chi connectivity index (χ0) is 20.9. The highest BCUT2D eigenvalue weighted by molar-refractivity contribution is 14.0. The van der Waals surface area contributed by atoms with Crippen LogP contribution in [-0.4, -0.2) is 57.9 Å². The zero-order valence-electron chi connectivity index (χ0n) is 17.8. The Labute approximate surface area is 201 Å². The Hall–Kier alpha value is -1.10. The Balaban J connectivity index is 0.00000450. The summed E-state index contributed by atoms with van der Waals surface area (Å²) in [6.07, 6.45) is 2.29. The van der Waals surface area contributed by atoms with Gasteiger partial charge in [-0.25, -0.2) is 0 Å². The molecule has 1 aliphatic heterocycles. The van der Waals surface area contributed by atoms with Gasteiger partial charge in [0, 0.05) is 55.9 Å². The van der Waals surface area contributed by atoms with Gasteiger partial charge in [-0.15, -0.1) is 24.0 Å². The van der Waals surface area contributed by atoms with Crippen LogP contribution in [-0.2, 0) is 14.3 Å². The van der Waals surface area contributed by atoms with E-state index in [1.165, 1.54) is 0 Å². The van der Waals surface area contributed by atoms with Gasteiger partial charge in [-0.2, -0.15) is 0 Å². The van der Waals surface area contributed by atoms with E-state index in [0.717, 1.165) is 50.5 Å². The molecule has 1 atom stereocenters. The molecule has 1 fully saturated rings. The van der Waals surface area contributed by atoms with Crippen LogP contribution in [0.25, 0.3) is 0 Å². The van der Waals surface area contributed by atoms with Crippen molar-refractivity contribution >= 4 is 53.1 Å². The molecule has 0 saturated carbocycles. The molecule has 1 aliphatic rings. The Kier molecular flexibility index (Phi) is 14.1. The highest BCUT2D eigenvalue weighted by atomic mass is 127. The fourth-order valence-corrected chi connectivity index (χ4v) is 3.09. The van der Waals surface area contributed by atoms with Crippen LogP contribution in [0.15, 0.2) is 23.2 Å². The maximum Gasteiger partial charge on any atom is 0.226 e. The maximum absolute atomic E-state index is 12.2. The predicted molar refractivity (Wildman–Crippen MR) is 133 cm³/mol. The second kappa shape index (κ2) is 15.7. The van der Waals surface area contributed by atoms with Crippen LogP contribution >= 0.6 is 35.6 Å². The van der Waals surface area contributed by atoms with Gasteiger partial charge in [-0.1, -0.05) is 17.7 Å². The van der Waals surface area contributed by atoms with Gasteiger partial charge < -0.3 is 25.4 Å². The first-order valence-corrected chi connectivity index (χ1v) is 10.7. The van der Waals surface area contributed by atoms with E-state index in [4.69, 9.17) is 21.1 Å². The summed E-state index contributed by atoms with van der Waals surface area (Å²) in [6.45, 7) is 8.96. The van der Waals surface area contributed by atoms with E-state index in [2.05, 4.69) is 20.9 Å². The largest absolute Gasteiger partial charge is 0.381 e. The van der Waals surface area contributed by atoms with Crippen molar-refractivity contribution in [2.24, 2.45) is 10.9 Å². The molecule has 1 unspecified atom stereocenters. The third-order valence-electron chi connectivity index (χ3n) is 4.62. The predicted octanol–water partition coefficient (Wildman–Crippen LogP) is 3.59. The van der Waals surface area contributed by atoms with Crippen molar-refractivity contribution in [1.29, 1.82) is 0 Å². The lowest BCUT2D eigenvalue weighted by molar-refractivity contribution is -0.116. The first kappa shape index (κ1) is 26.9. The van der Waals surface area contributed by atoms with Crippen molar-refractivity contribution < 1.29 is 14.3 Å². The van der Waals surface area contributed by atoms with Crippen LogP contribution in [0.3, 0.4) is 0 Å². The number of ether oxygens (including phenoxy) is 2. The Bertz CT molecular complexity index is 670. The number of rotatable bonds is 11. The van der Waals surface area contributed by atoms with Gasteiger partial charge in [0.25, 0.3) is 0 Å². The number of anilines is 1. The van der Waals surface area contributed by atoms with Gasteiger partial charge in [-0.3, -0.25) is 9.79 Å². The van der Waals surface area contributed by atoms with Crippen molar-refractivity contribution in [2.45, 2.75) is 33.1 Å². The molecule has 1 aromatic carbocycles. The van der Waals surface area contributed by atoms with Gasteiger partial charge in [0.1, 0.15) is 0 Å². The molecule has 1 aromatic rings. The van der Waals surface area contributed by atoms with Gasteiger partial charge in [0.05, 0.1) is 13.2 Å². The van der Waals surface area contributed by atoms with Crippen molar-refractivity contribution in [3.05, 3.63) is 28.8 Å². The van der Waals surface area contributed by atoms with Crippen molar-refractivity contribution in [2.75, 3.05) is 51.4 Å². The zero-order valence-corrected chi connectivity index (χ0v) is 20.9. The van der Waals surface area contributed by atoms with Crippen molar-refractivity contribution in [1.82, 2.24) is 10.6 Å². The van der Waals surface area contributed by atoms with Crippen molar-refractivity contribution in [3.63, 3.8) is 0 Å². The second-order valence-corrected chi connectivity index (χ2v) is 7.46. The Morgan fingerprint density at radius 1 is 1.37 bits per heavy atom. The third-order valence-corrected chi connectivity index (χ3v) is 5.03. The summed E-state index contributed by atoms with van der Waals surface area (Å²) < 4.78 is 11.0. The molecule has 1 amide bonds. The van der Waals surface area contributed by atoms with Gasteiger partial charge in [-0.05, 0) is 44.4 Å². The molecule has 0 aromatic heterocycles. The summed E-state index contributed by atoms with van der Waals surface area (Å²) >= 11 is 6.09. The summed E-state index contributed by atoms with van der Waals surface area (Å²) in [4.78, 5) is 16.7. The fourth-order valence-electron chi connectivity index (χ4n) is 2.91. The van der Waals surface area contributed by atoms with Crippen LogP contribution in [0.1, 0.15) is 31.7 Å². The van der Waals surface area contributed by atoms with Gasteiger partial charge in [0.15, 0.2) is 5.96 Å². The number of amides is 1. The SMILES string of the molecule is CCNC(=NCCCOCC1CCOC1)NCCC(=O)Nc1cccc(Cl)c1C.I. The first-order chi connectivity index (χ1) is 14.1. The minimum atomic E-state index is -0.0667. The number of guanidine groups is 1. The van der Waals surface area contributed by atoms with Crippen LogP contribution in [0.4, 0.5) is 5.69 Å². The number of halogens is 2. The lowest BCUT2D eigenvalue weighted by atomic mass is 10.1. The highest BCUT2D eigenvalue weighted by Gasteiger charge is 2.15. The molecule has 7 nitrogen and oxygen atoms in total. The summed E-state index contributed by atoms with van der Waals surface area (Å²) in [6, 6.07) is 5.48. The van der Waals surface area contributed by atoms with Crippen molar-refractivity contribution in [3.8, 4) is 0 Å². The molecule has 9 heteroatoms. The molecule has 0 radical (unpaired) electrons. The van der Waals surface area contributed by atoms with Crippen LogP contribution in [0, 0.1) is 12.8 Å². The summed E-state index contributed by atoms with van der Waals surface area (Å²) in [5.74, 6) is 1.19. The van der Waals surface area contributed by atoms with E-state index in [9.17, 15) is 4.79 Å². The minimum Gasteiger partial charge on any atom is -0.381 e. The number of benzene rings is 1. The molecule has 0 aliphatic carbocycles. The maximum atomic E-state index is 12.2. The first-order valence-electron chi connectivity index (χ1n) is 10.3. The van der Waals surface area contributed by atoms with E-state index in [-0.39, 0.29) is 29.9 Å². The van der Waals surface area contributed by atoms with E-state index in [1.54, 1.807) is 6.07 Å². The molecule has 3 N–H and O–H groups in total. The van der Waals surface area contributed by atoms with Crippen LogP contribution < -0.4 is 16.0 Å². The van der Waals surface area contributed by atoms with E-state index >= 15 is 0 Å².